The van der Waals surface area contributed by atoms with E-state index in [0.717, 1.165) is 51.1 Å². The third-order valence-electron chi connectivity index (χ3n) is 8.72. The molecule has 1 N–H and O–H groups in total. The van der Waals surface area contributed by atoms with Crippen LogP contribution in [0.3, 0.4) is 0 Å². The van der Waals surface area contributed by atoms with Crippen molar-refractivity contribution in [1.29, 1.82) is 0 Å². The van der Waals surface area contributed by atoms with Gasteiger partial charge in [-0.05, 0) is 62.6 Å². The maximum Gasteiger partial charge on any atom is 0.246 e. The fourth-order valence-electron chi connectivity index (χ4n) is 6.43. The Bertz CT molecular complexity index is 1030. The van der Waals surface area contributed by atoms with Crippen LogP contribution in [0.4, 0.5) is 0 Å². The fraction of sp³-hybridized carbons (Fsp3) is 0.562. The van der Waals surface area contributed by atoms with E-state index in [9.17, 15) is 9.59 Å². The number of ether oxygens (including phenoxy) is 1. The predicted octanol–water partition coefficient (Wildman–Crippen LogP) is 4.37. The van der Waals surface area contributed by atoms with Crippen molar-refractivity contribution in [1.82, 2.24) is 15.1 Å². The Balaban J connectivity index is 1.15. The first kappa shape index (κ1) is 26.9. The van der Waals surface area contributed by atoms with Gasteiger partial charge >= 0.3 is 0 Å². The highest BCUT2D eigenvalue weighted by Gasteiger charge is 2.54. The number of hydrogen-bond donors (Lipinski definition) is 1. The molecule has 3 aliphatic rings. The third kappa shape index (κ3) is 6.47. The normalized spacial score (nSPS) is 23.6. The van der Waals surface area contributed by atoms with E-state index < -0.39 is 11.6 Å². The van der Waals surface area contributed by atoms with Gasteiger partial charge in [-0.2, -0.15) is 0 Å². The highest BCUT2D eigenvalue weighted by molar-refractivity contribution is 6.00. The standard InChI is InChI=1S/C32H43N3O3/c36-30-29(24-27-15-8-4-9-16-27)33-31(37)32(35(30)25-28-17-11-23-38-28)18-21-34(22-19-32)20-10-2-1-5-12-26-13-6-3-7-14-26/h3-4,6-9,13-16,28-29H,1-2,5,10-12,17-25H2,(H,33,37). The van der Waals surface area contributed by atoms with Gasteiger partial charge in [-0.1, -0.05) is 73.5 Å². The average molecular weight is 518 g/mol. The van der Waals surface area contributed by atoms with Crippen molar-refractivity contribution in [2.45, 2.75) is 81.9 Å². The smallest absolute Gasteiger partial charge is 0.246 e. The molecule has 3 heterocycles. The second kappa shape index (κ2) is 12.9. The molecule has 0 saturated carbocycles. The number of piperazine rings is 1. The van der Waals surface area contributed by atoms with Crippen LogP contribution in [-0.2, 0) is 27.2 Å². The molecule has 0 aromatic heterocycles. The van der Waals surface area contributed by atoms with E-state index in [1.807, 2.05) is 35.2 Å². The topological polar surface area (TPSA) is 61.9 Å². The molecule has 1 spiro atoms. The summed E-state index contributed by atoms with van der Waals surface area (Å²) in [4.78, 5) is 31.9. The second-order valence-corrected chi connectivity index (χ2v) is 11.3. The summed E-state index contributed by atoms with van der Waals surface area (Å²) in [5.74, 6) is 0.0763. The van der Waals surface area contributed by atoms with E-state index in [2.05, 4.69) is 40.5 Å². The summed E-state index contributed by atoms with van der Waals surface area (Å²) in [6.45, 7) is 4.06. The molecule has 3 fully saturated rings. The van der Waals surface area contributed by atoms with Crippen LogP contribution in [0.25, 0.3) is 0 Å². The van der Waals surface area contributed by atoms with Crippen LogP contribution in [0.5, 0.6) is 0 Å². The van der Waals surface area contributed by atoms with E-state index >= 15 is 0 Å². The van der Waals surface area contributed by atoms with Gasteiger partial charge in [0.15, 0.2) is 0 Å². The first-order valence-electron chi connectivity index (χ1n) is 14.7. The highest BCUT2D eigenvalue weighted by atomic mass is 16.5. The van der Waals surface area contributed by atoms with Crippen molar-refractivity contribution in [3.8, 4) is 0 Å². The quantitative estimate of drug-likeness (QED) is 0.450. The van der Waals surface area contributed by atoms with Crippen molar-refractivity contribution in [2.24, 2.45) is 0 Å². The van der Waals surface area contributed by atoms with Gasteiger partial charge in [0.05, 0.1) is 6.10 Å². The van der Waals surface area contributed by atoms with Crippen LogP contribution in [0.2, 0.25) is 0 Å². The first-order valence-corrected chi connectivity index (χ1v) is 14.7. The number of piperidine rings is 1. The highest BCUT2D eigenvalue weighted by Crippen LogP contribution is 2.35. The van der Waals surface area contributed by atoms with Crippen LogP contribution in [0.1, 0.15) is 62.5 Å². The Morgan fingerprint density at radius 3 is 2.24 bits per heavy atom. The van der Waals surface area contributed by atoms with Gasteiger partial charge in [0.1, 0.15) is 11.6 Å². The Labute approximate surface area is 227 Å². The average Bonchev–Trinajstić information content (AvgIpc) is 3.47. The number of rotatable bonds is 11. The SMILES string of the molecule is O=C1C(Cc2ccccc2)NC(=O)C2(CCN(CCCCCCc3ccccc3)CC2)N1CC1CCCO1. The minimum absolute atomic E-state index is 0.0246. The van der Waals surface area contributed by atoms with Gasteiger partial charge in [0.2, 0.25) is 11.8 Å². The van der Waals surface area contributed by atoms with Gasteiger partial charge in [-0.3, -0.25) is 9.59 Å². The number of unbranched alkanes of at least 4 members (excludes halogenated alkanes) is 3. The number of aryl methyl sites for hydroxylation is 1. The minimum atomic E-state index is -0.748. The molecule has 204 valence electrons. The van der Waals surface area contributed by atoms with Gasteiger partial charge in [-0.25, -0.2) is 0 Å². The summed E-state index contributed by atoms with van der Waals surface area (Å²) in [7, 11) is 0. The fourth-order valence-corrected chi connectivity index (χ4v) is 6.43. The number of carbonyl (C=O) groups is 2. The van der Waals surface area contributed by atoms with Crippen molar-refractivity contribution in [3.63, 3.8) is 0 Å². The maximum atomic E-state index is 13.8. The molecule has 38 heavy (non-hydrogen) atoms. The lowest BCUT2D eigenvalue weighted by atomic mass is 9.80. The van der Waals surface area contributed by atoms with Crippen LogP contribution in [0.15, 0.2) is 60.7 Å². The summed E-state index contributed by atoms with van der Waals surface area (Å²) >= 11 is 0. The van der Waals surface area contributed by atoms with Crippen molar-refractivity contribution < 1.29 is 14.3 Å². The number of amides is 2. The number of likely N-dealkylation sites (tertiary alicyclic amines) is 1. The molecule has 2 aromatic rings. The molecule has 6 nitrogen and oxygen atoms in total. The number of benzene rings is 2. The molecule has 2 unspecified atom stereocenters. The Hall–Kier alpha value is -2.70. The summed E-state index contributed by atoms with van der Waals surface area (Å²) < 4.78 is 5.93. The molecule has 2 aromatic carbocycles. The van der Waals surface area contributed by atoms with E-state index in [1.165, 1.54) is 31.2 Å². The first-order chi connectivity index (χ1) is 18.6. The van der Waals surface area contributed by atoms with E-state index in [4.69, 9.17) is 4.74 Å². The lowest BCUT2D eigenvalue weighted by Crippen LogP contribution is -2.73. The Morgan fingerprint density at radius 2 is 1.55 bits per heavy atom. The summed E-state index contributed by atoms with van der Waals surface area (Å²) in [6, 6.07) is 20.2. The van der Waals surface area contributed by atoms with Gasteiger partial charge in [0, 0.05) is 32.7 Å². The molecule has 5 rings (SSSR count). The molecule has 2 amide bonds. The summed E-state index contributed by atoms with van der Waals surface area (Å²) in [6.07, 6.45) is 10.0. The second-order valence-electron chi connectivity index (χ2n) is 11.3. The number of hydrogen-bond acceptors (Lipinski definition) is 4. The molecule has 3 aliphatic heterocycles. The lowest BCUT2D eigenvalue weighted by molar-refractivity contribution is -0.163. The van der Waals surface area contributed by atoms with Crippen LogP contribution in [0, 0.1) is 0 Å². The molecule has 6 heteroatoms. The van der Waals surface area contributed by atoms with E-state index in [-0.39, 0.29) is 17.9 Å². The molecular formula is C32H43N3O3. The summed E-state index contributed by atoms with van der Waals surface area (Å²) in [5.41, 5.74) is 1.74. The molecule has 0 radical (unpaired) electrons. The molecule has 2 atom stereocenters. The molecule has 3 saturated heterocycles. The van der Waals surface area contributed by atoms with Gasteiger partial charge < -0.3 is 19.9 Å². The van der Waals surface area contributed by atoms with Crippen molar-refractivity contribution in [2.75, 3.05) is 32.8 Å². The van der Waals surface area contributed by atoms with Gasteiger partial charge in [0.25, 0.3) is 0 Å². The van der Waals surface area contributed by atoms with Crippen LogP contribution < -0.4 is 5.32 Å². The largest absolute Gasteiger partial charge is 0.376 e. The van der Waals surface area contributed by atoms with Gasteiger partial charge in [-0.15, -0.1) is 0 Å². The third-order valence-corrected chi connectivity index (χ3v) is 8.72. The van der Waals surface area contributed by atoms with E-state index in [1.54, 1.807) is 0 Å². The number of nitrogens with zero attached hydrogens (tertiary/aromatic N) is 2. The maximum absolute atomic E-state index is 13.8. The Kier molecular flexibility index (Phi) is 9.13. The Morgan fingerprint density at radius 1 is 0.868 bits per heavy atom. The monoisotopic (exact) mass is 517 g/mol. The molecule has 0 aliphatic carbocycles. The molecule has 0 bridgehead atoms. The lowest BCUT2D eigenvalue weighted by Gasteiger charge is -2.52. The molecular weight excluding hydrogens is 474 g/mol. The zero-order valence-corrected chi connectivity index (χ0v) is 22.7. The van der Waals surface area contributed by atoms with E-state index in [0.29, 0.717) is 25.8 Å². The summed E-state index contributed by atoms with van der Waals surface area (Å²) in [5, 5.41) is 3.14. The van der Waals surface area contributed by atoms with Crippen molar-refractivity contribution >= 4 is 11.8 Å². The zero-order chi connectivity index (χ0) is 26.2. The van der Waals surface area contributed by atoms with Crippen molar-refractivity contribution in [3.05, 3.63) is 71.8 Å². The predicted molar refractivity (Wildman–Crippen MR) is 150 cm³/mol. The van der Waals surface area contributed by atoms with Crippen LogP contribution in [-0.4, -0.2) is 72.1 Å². The number of carbonyl (C=O) groups excluding carboxylic acids is 2. The number of nitrogens with one attached hydrogen (secondary N) is 1. The minimum Gasteiger partial charge on any atom is -0.376 e. The van der Waals surface area contributed by atoms with Crippen LogP contribution >= 0.6 is 0 Å². The zero-order valence-electron chi connectivity index (χ0n) is 22.7.